The number of anilines is 9. The van der Waals surface area contributed by atoms with Gasteiger partial charge in [-0.05, 0) is 116 Å². The van der Waals surface area contributed by atoms with E-state index in [1.807, 2.05) is 105 Å². The van der Waals surface area contributed by atoms with Crippen molar-refractivity contribution in [1.82, 2.24) is 59.8 Å². The normalized spacial score (nSPS) is 22.1. The SMILES string of the molecule is COc1cc(-c2nc(N=S(C)(=O)C3COC3)cc(N3CCOC[C@H]3C)n2)cc(C)n1.C[C@@H]1COCCN1c1cc(N=S(C)(=O)C2COC2)nc(-c2cccc(N)c2)n1.C[C@@H]1COCCN1c1cc(N=[S@@](C)(=O)C2COC2)nc(-c2cccc(N)c2)n1.C[C@@H]1COCCN1c1cc(N=[S@](C)(=O)C2COC2)nc(-c2cccc(N)c2)n1.Cc1cc(-c2nc(N=[S@@](C)(=O)C3CC3)cc(N3CCOC[C@H]3C)n2)cc(N)n1. The van der Waals surface area contributed by atoms with Crippen molar-refractivity contribution in [2.45, 2.75) is 118 Å². The van der Waals surface area contributed by atoms with Crippen molar-refractivity contribution in [2.24, 2.45) is 21.8 Å². The number of aromatic nitrogens is 12. The second kappa shape index (κ2) is 45.4. The van der Waals surface area contributed by atoms with Crippen LogP contribution in [0.25, 0.3) is 56.9 Å². The molecule has 10 aliphatic rings. The van der Waals surface area contributed by atoms with Crippen LogP contribution in [0.4, 0.5) is 81.1 Å². The Morgan fingerprint density at radius 3 is 0.768 bits per heavy atom. The average Bonchev–Trinajstić information content (AvgIpc) is 1.65. The second-order valence-corrected chi connectivity index (χ2v) is 49.9. The summed E-state index contributed by atoms with van der Waals surface area (Å²) >= 11 is 0. The predicted octanol–water partition coefficient (Wildman–Crippen LogP) is 11.0. The van der Waals surface area contributed by atoms with Gasteiger partial charge >= 0.3 is 0 Å². The molecule has 10 fully saturated rings. The number of pyridine rings is 2. The molecule has 0 bridgehead atoms. The minimum absolute atomic E-state index is 0.0657. The number of hydrogen-bond acceptors (Lipinski definition) is 41. The summed E-state index contributed by atoms with van der Waals surface area (Å²) in [7, 11) is -10.6. The van der Waals surface area contributed by atoms with Crippen LogP contribution >= 0.6 is 0 Å². The molecular formula is C96H128N26O15S5. The Balaban J connectivity index is 0.000000128. The van der Waals surface area contributed by atoms with E-state index in [0.29, 0.717) is 212 Å². The fourth-order valence-electron chi connectivity index (χ4n) is 16.5. The van der Waals surface area contributed by atoms with Crippen molar-refractivity contribution in [3.63, 3.8) is 0 Å². The topological polar surface area (TPSA) is 514 Å². The molecular weight excluding hydrogens is 1920 g/mol. The van der Waals surface area contributed by atoms with Crippen LogP contribution in [0.3, 0.4) is 0 Å². The van der Waals surface area contributed by atoms with Crippen LogP contribution in [0.2, 0.25) is 0 Å². The summed E-state index contributed by atoms with van der Waals surface area (Å²) in [6, 6.07) is 39.5. The van der Waals surface area contributed by atoms with Crippen LogP contribution in [0, 0.1) is 13.8 Å². The van der Waals surface area contributed by atoms with Gasteiger partial charge in [0.15, 0.2) is 58.2 Å². The van der Waals surface area contributed by atoms with Gasteiger partial charge < -0.3 is 94.8 Å². The summed E-state index contributed by atoms with van der Waals surface area (Å²) < 4.78 is 142. The lowest BCUT2D eigenvalue weighted by Crippen LogP contribution is -2.44. The molecule has 41 nitrogen and oxygen atoms in total. The number of ether oxygens (including phenoxy) is 10. The van der Waals surface area contributed by atoms with Crippen molar-refractivity contribution in [1.29, 1.82) is 0 Å². The quantitative estimate of drug-likeness (QED) is 0.0485. The van der Waals surface area contributed by atoms with E-state index < -0.39 is 48.6 Å². The van der Waals surface area contributed by atoms with E-state index in [2.05, 4.69) is 116 Å². The molecule has 8 N–H and O–H groups in total. The molecule has 142 heavy (non-hydrogen) atoms. The maximum absolute atomic E-state index is 13.1. The molecule has 16 heterocycles. The Kier molecular flexibility index (Phi) is 33.1. The van der Waals surface area contributed by atoms with Crippen LogP contribution in [-0.2, 0) is 91.3 Å². The molecule has 762 valence electrons. The molecule has 1 aliphatic carbocycles. The first-order valence-corrected chi connectivity index (χ1v) is 57.3. The molecule has 3 aromatic carbocycles. The molecule has 0 radical (unpaired) electrons. The van der Waals surface area contributed by atoms with Crippen molar-refractivity contribution in [2.75, 3.05) is 237 Å². The van der Waals surface area contributed by atoms with Gasteiger partial charge in [-0.3, -0.25) is 0 Å². The summed E-state index contributed by atoms with van der Waals surface area (Å²) in [5.74, 6) is 9.32. The summed E-state index contributed by atoms with van der Waals surface area (Å²) in [5, 5.41) is -0.113. The Bertz CT molecular complexity index is 6490. The number of aryl methyl sites for hydroxylation is 2. The Morgan fingerprint density at radius 1 is 0.296 bits per heavy atom. The van der Waals surface area contributed by atoms with Gasteiger partial charge in [0, 0.05) is 162 Å². The van der Waals surface area contributed by atoms with Gasteiger partial charge in [0.25, 0.3) is 0 Å². The van der Waals surface area contributed by atoms with Gasteiger partial charge in [0.1, 0.15) is 34.9 Å². The van der Waals surface area contributed by atoms with Crippen molar-refractivity contribution in [3.05, 3.63) is 139 Å². The molecule has 9 saturated heterocycles. The summed E-state index contributed by atoms with van der Waals surface area (Å²) in [6.07, 6.45) is 10.3. The Labute approximate surface area is 831 Å². The fourth-order valence-corrected chi connectivity index (χ4v) is 23.3. The number of rotatable bonds is 21. The minimum atomic E-state index is -2.48. The van der Waals surface area contributed by atoms with Gasteiger partial charge in [-0.15, -0.1) is 0 Å². The van der Waals surface area contributed by atoms with E-state index >= 15 is 0 Å². The van der Waals surface area contributed by atoms with Crippen molar-refractivity contribution >= 4 is 130 Å². The molecule has 10 aromatic rings. The number of morpholine rings is 5. The first-order chi connectivity index (χ1) is 67.9. The summed E-state index contributed by atoms with van der Waals surface area (Å²) in [6.45, 7) is 28.0. The van der Waals surface area contributed by atoms with Crippen LogP contribution in [0.1, 0.15) is 58.8 Å². The Hall–Kier alpha value is -11.3. The average molecular weight is 2050 g/mol. The van der Waals surface area contributed by atoms with E-state index in [1.165, 1.54) is 0 Å². The first-order valence-electron chi connectivity index (χ1n) is 47.3. The highest BCUT2D eigenvalue weighted by Crippen LogP contribution is 2.39. The van der Waals surface area contributed by atoms with E-state index in [0.717, 1.165) is 107 Å². The summed E-state index contributed by atoms with van der Waals surface area (Å²) in [4.78, 5) is 66.2. The molecule has 0 amide bonds. The van der Waals surface area contributed by atoms with Gasteiger partial charge in [0.05, 0.1) is 226 Å². The lowest BCUT2D eigenvalue weighted by Gasteiger charge is -2.34. The zero-order valence-electron chi connectivity index (χ0n) is 82.4. The largest absolute Gasteiger partial charge is 0.481 e. The number of benzene rings is 3. The van der Waals surface area contributed by atoms with Gasteiger partial charge in [-0.25, -0.2) is 80.9 Å². The van der Waals surface area contributed by atoms with Crippen molar-refractivity contribution in [3.8, 4) is 62.8 Å². The van der Waals surface area contributed by atoms with Gasteiger partial charge in [-0.1, -0.05) is 36.4 Å². The van der Waals surface area contributed by atoms with E-state index in [1.54, 1.807) is 74.8 Å². The van der Waals surface area contributed by atoms with Gasteiger partial charge in [-0.2, -0.15) is 21.8 Å². The van der Waals surface area contributed by atoms with Crippen LogP contribution in [-0.4, -0.2) is 327 Å². The number of nitrogens with two attached hydrogens (primary N) is 4. The monoisotopic (exact) mass is 2040 g/mol. The maximum atomic E-state index is 13.1. The second-order valence-electron chi connectivity index (χ2n) is 37.1. The highest BCUT2D eigenvalue weighted by molar-refractivity contribution is 7.95. The lowest BCUT2D eigenvalue weighted by atomic mass is 10.2. The zero-order chi connectivity index (χ0) is 100. The molecule has 46 heteroatoms. The third kappa shape index (κ3) is 26.5. The Morgan fingerprint density at radius 2 is 0.542 bits per heavy atom. The highest BCUT2D eigenvalue weighted by atomic mass is 32.2. The number of nitrogens with zero attached hydrogens (tertiary/aromatic N) is 22. The molecule has 2 unspecified atom stereocenters. The smallest absolute Gasteiger partial charge is 0.213 e. The zero-order valence-corrected chi connectivity index (χ0v) is 86.5. The maximum Gasteiger partial charge on any atom is 0.213 e. The molecule has 1 saturated carbocycles. The van der Waals surface area contributed by atoms with Crippen LogP contribution < -0.4 is 52.2 Å². The number of hydrogen-bond donors (Lipinski definition) is 4. The van der Waals surface area contributed by atoms with E-state index in [9.17, 15) is 21.0 Å². The number of nitrogen functional groups attached to an aromatic ring is 4. The third-order valence-electron chi connectivity index (χ3n) is 25.3. The predicted molar refractivity (Wildman–Crippen MR) is 557 cm³/mol. The standard InChI is InChI=1S/C20H27N5O4S.C19H26N6O2S.3C19H25N5O3S/c1-13-7-15(8-19(21-13)27-3)20-22-17(24-30(4,26)16-11-29-12-16)9-18(23-20)25-5-6-28-10-14(25)2;1-12-8-14(9-16(20)21-12)19-22-17(24-28(3,26)15-4-5-15)10-18(23-19)25-6-7-27-11-13(25)2;3*1-13-10-26-7-6-24(13)18-9-17(23-28(2,25)16-11-27-12-16)21-19(22-18)14-4-3-5-15(20)8-14/h7-9,14,16H,5-6,10-12H2,1-4H3;8-10,13,15H,4-7,11H2,1-3H3,(H2,20,21);3*3-5,8-9,13,16H,6-7,10-12,20H2,1-2H3/t14-,30?;13-,28+;13-,28?;13-,28+;13-,28-/m11111/s1. The van der Waals surface area contributed by atoms with E-state index in [-0.39, 0.29) is 56.5 Å². The summed E-state index contributed by atoms with van der Waals surface area (Å²) in [5.41, 5.74) is 31.2. The molecule has 20 rings (SSSR count). The van der Waals surface area contributed by atoms with Crippen LogP contribution in [0.5, 0.6) is 5.88 Å². The highest BCUT2D eigenvalue weighted by Gasteiger charge is 2.36. The van der Waals surface area contributed by atoms with E-state index in [4.69, 9.17) is 95.2 Å². The third-order valence-corrected chi connectivity index (χ3v) is 35.8. The first kappa shape index (κ1) is 104. The number of methoxy groups -OCH3 is 1. The minimum Gasteiger partial charge on any atom is -0.481 e. The fraction of sp³-hybridized carbons (Fsp3) is 0.500. The molecule has 10 atom stereocenters. The van der Waals surface area contributed by atoms with Gasteiger partial charge in [0.2, 0.25) is 5.88 Å². The molecule has 9 aliphatic heterocycles. The molecule has 7 aromatic heterocycles. The van der Waals surface area contributed by atoms with Crippen LogP contribution in [0.15, 0.2) is 149 Å². The molecule has 0 spiro atoms. The van der Waals surface area contributed by atoms with Crippen molar-refractivity contribution < 1.29 is 68.4 Å². The lowest BCUT2D eigenvalue weighted by molar-refractivity contribution is 0.0430.